The number of allylic oxidation sites excluding steroid dienone is 3. The first kappa shape index (κ1) is 12.0. The third-order valence-electron chi connectivity index (χ3n) is 2.06. The summed E-state index contributed by atoms with van der Waals surface area (Å²) < 4.78 is 1.11. The summed E-state index contributed by atoms with van der Waals surface area (Å²) in [5.74, 6) is 5.33. The molecular weight excluding hydrogens is 320 g/mol. The summed E-state index contributed by atoms with van der Waals surface area (Å²) in [4.78, 5) is 0. The Morgan fingerprint density at radius 1 is 1.25 bits per heavy atom. The minimum atomic E-state index is 1.11. The van der Waals surface area contributed by atoms with Crippen LogP contribution in [0.1, 0.15) is 27.7 Å². The molecule has 68 valence electrons. The molecule has 0 aromatic carbocycles. The molecule has 12 heavy (non-hydrogen) atoms. The van der Waals surface area contributed by atoms with Crippen molar-refractivity contribution in [1.29, 1.82) is 0 Å². The van der Waals surface area contributed by atoms with Crippen LogP contribution in [0.5, 0.6) is 0 Å². The third kappa shape index (κ3) is 3.14. The molecule has 0 saturated carbocycles. The summed E-state index contributed by atoms with van der Waals surface area (Å²) in [6, 6.07) is 0. The summed E-state index contributed by atoms with van der Waals surface area (Å²) in [5, 5.41) is 0. The van der Waals surface area contributed by atoms with Gasteiger partial charge < -0.3 is 0 Å². The third-order valence-corrected chi connectivity index (χ3v) is 3.58. The maximum absolute atomic E-state index is 5.33. The number of nitrogens with one attached hydrogen (secondary N) is 1. The quantitative estimate of drug-likeness (QED) is 0.465. The summed E-state index contributed by atoms with van der Waals surface area (Å²) in [5.41, 5.74) is 6.56. The predicted molar refractivity (Wildman–Crippen MR) is 50.1 cm³/mol. The van der Waals surface area contributed by atoms with Crippen molar-refractivity contribution < 1.29 is 19.4 Å². The Morgan fingerprint density at radius 2 is 1.75 bits per heavy atom. The van der Waals surface area contributed by atoms with Gasteiger partial charge in [-0.2, -0.15) is 0 Å². The van der Waals surface area contributed by atoms with Gasteiger partial charge in [-0.05, 0) is 0 Å². The molecule has 0 fully saturated rings. The van der Waals surface area contributed by atoms with E-state index in [4.69, 9.17) is 5.84 Å². The van der Waals surface area contributed by atoms with Crippen LogP contribution in [0.15, 0.2) is 22.8 Å². The van der Waals surface area contributed by atoms with Crippen LogP contribution in [-0.2, 0) is 19.4 Å². The molecule has 0 radical (unpaired) electrons. The van der Waals surface area contributed by atoms with E-state index in [2.05, 4.69) is 32.3 Å². The van der Waals surface area contributed by atoms with Gasteiger partial charge in [0.05, 0.1) is 0 Å². The van der Waals surface area contributed by atoms with Crippen LogP contribution in [0, 0.1) is 0 Å². The molecule has 0 aliphatic heterocycles. The Kier molecular flexibility index (Phi) is 5.56. The molecule has 0 spiro atoms. The monoisotopic (exact) mass is 336 g/mol. The molecule has 2 nitrogen and oxygen atoms in total. The SMILES string of the molecule is CC=C(C)/C(C)=C(/C)[C](=[W])NN. The average molecular weight is 336 g/mol. The van der Waals surface area contributed by atoms with Gasteiger partial charge >= 0.3 is 85.1 Å². The Bertz CT molecular complexity index is 239. The van der Waals surface area contributed by atoms with Gasteiger partial charge in [0.15, 0.2) is 0 Å². The number of rotatable bonds is 3. The molecule has 0 heterocycles. The Labute approximate surface area is 85.3 Å². The molecule has 0 rings (SSSR count). The number of hydrazine groups is 1. The van der Waals surface area contributed by atoms with Gasteiger partial charge in [0.1, 0.15) is 0 Å². The Balaban J connectivity index is 4.81. The molecular formula is C9H16N2W. The van der Waals surface area contributed by atoms with E-state index in [1.165, 1.54) is 36.1 Å². The van der Waals surface area contributed by atoms with Crippen molar-refractivity contribution in [2.24, 2.45) is 5.84 Å². The van der Waals surface area contributed by atoms with E-state index in [1.54, 1.807) is 0 Å². The maximum atomic E-state index is 5.33. The van der Waals surface area contributed by atoms with Crippen LogP contribution < -0.4 is 11.3 Å². The summed E-state index contributed by atoms with van der Waals surface area (Å²) >= 11 is 1.37. The van der Waals surface area contributed by atoms with Gasteiger partial charge in [-0.1, -0.05) is 0 Å². The first-order chi connectivity index (χ1) is 5.54. The van der Waals surface area contributed by atoms with E-state index in [0.29, 0.717) is 0 Å². The number of hydrogen-bond donors (Lipinski definition) is 2. The fraction of sp³-hybridized carbons (Fsp3) is 0.444. The second kappa shape index (κ2) is 5.58. The number of nitrogens with two attached hydrogens (primary N) is 1. The van der Waals surface area contributed by atoms with Crippen LogP contribution in [-0.4, -0.2) is 4.02 Å². The summed E-state index contributed by atoms with van der Waals surface area (Å²) in [6.45, 7) is 8.36. The fourth-order valence-corrected chi connectivity index (χ4v) is 1.34. The molecule has 0 bridgehead atoms. The van der Waals surface area contributed by atoms with Crippen LogP contribution in [0.2, 0.25) is 0 Å². The van der Waals surface area contributed by atoms with E-state index in [-0.39, 0.29) is 0 Å². The zero-order valence-corrected chi connectivity index (χ0v) is 11.0. The van der Waals surface area contributed by atoms with Gasteiger partial charge in [-0.15, -0.1) is 0 Å². The van der Waals surface area contributed by atoms with E-state index < -0.39 is 0 Å². The van der Waals surface area contributed by atoms with Crippen LogP contribution in [0.4, 0.5) is 0 Å². The van der Waals surface area contributed by atoms with Gasteiger partial charge in [0, 0.05) is 0 Å². The second-order valence-corrected chi connectivity index (χ2v) is 4.16. The van der Waals surface area contributed by atoms with Crippen LogP contribution >= 0.6 is 0 Å². The van der Waals surface area contributed by atoms with Crippen molar-refractivity contribution in [3.05, 3.63) is 22.8 Å². The van der Waals surface area contributed by atoms with Crippen molar-refractivity contribution in [2.75, 3.05) is 0 Å². The topological polar surface area (TPSA) is 38.0 Å². The number of hydrogen-bond acceptors (Lipinski definition) is 2. The van der Waals surface area contributed by atoms with Crippen LogP contribution in [0.3, 0.4) is 0 Å². The van der Waals surface area contributed by atoms with Crippen molar-refractivity contribution >= 4 is 4.02 Å². The first-order valence-electron chi connectivity index (χ1n) is 3.86. The molecule has 0 aliphatic rings. The van der Waals surface area contributed by atoms with Gasteiger partial charge in [-0.3, -0.25) is 0 Å². The molecule has 3 N–H and O–H groups in total. The molecule has 0 aliphatic carbocycles. The fourth-order valence-electron chi connectivity index (χ4n) is 0.791. The molecule has 0 saturated heterocycles. The Morgan fingerprint density at radius 3 is 2.08 bits per heavy atom. The molecule has 0 unspecified atom stereocenters. The van der Waals surface area contributed by atoms with E-state index in [0.717, 1.165) is 4.02 Å². The average Bonchev–Trinajstić information content (AvgIpc) is 2.12. The van der Waals surface area contributed by atoms with Crippen molar-refractivity contribution in [3.63, 3.8) is 0 Å². The minimum absolute atomic E-state index is 1.11. The van der Waals surface area contributed by atoms with Crippen molar-refractivity contribution in [2.45, 2.75) is 27.7 Å². The Hall–Kier alpha value is -0.0417. The van der Waals surface area contributed by atoms with Crippen LogP contribution in [0.25, 0.3) is 0 Å². The molecule has 0 atom stereocenters. The van der Waals surface area contributed by atoms with Crippen molar-refractivity contribution in [1.82, 2.24) is 5.43 Å². The van der Waals surface area contributed by atoms with Gasteiger partial charge in [0.25, 0.3) is 0 Å². The molecule has 3 heteroatoms. The second-order valence-electron chi connectivity index (χ2n) is 2.70. The zero-order valence-electron chi connectivity index (χ0n) is 8.06. The first-order valence-corrected chi connectivity index (χ1v) is 5.33. The standard InChI is InChI=1S/C9H16N2.W/c1-5-7(2)9(4)8(3)6-11-10;/h5,11H,10H2,1-4H3;/b7-5?,9-8-;. The van der Waals surface area contributed by atoms with Crippen molar-refractivity contribution in [3.8, 4) is 0 Å². The van der Waals surface area contributed by atoms with E-state index in [1.807, 2.05) is 6.92 Å². The van der Waals surface area contributed by atoms with E-state index in [9.17, 15) is 0 Å². The predicted octanol–water partition coefficient (Wildman–Crippen LogP) is 1.43. The molecule has 0 amide bonds. The zero-order chi connectivity index (χ0) is 9.72. The van der Waals surface area contributed by atoms with Gasteiger partial charge in [-0.25, -0.2) is 0 Å². The van der Waals surface area contributed by atoms with E-state index >= 15 is 0 Å². The summed E-state index contributed by atoms with van der Waals surface area (Å²) in [7, 11) is 0. The molecule has 0 aromatic rings. The normalized spacial score (nSPS) is 14.2. The summed E-state index contributed by atoms with van der Waals surface area (Å²) in [6.07, 6.45) is 2.11. The van der Waals surface area contributed by atoms with Gasteiger partial charge in [0.2, 0.25) is 0 Å². The molecule has 0 aromatic heterocycles.